The van der Waals surface area contributed by atoms with E-state index < -0.39 is 0 Å². The van der Waals surface area contributed by atoms with Crippen molar-refractivity contribution in [2.45, 2.75) is 19.4 Å². The lowest BCUT2D eigenvalue weighted by Crippen LogP contribution is -2.38. The van der Waals surface area contributed by atoms with Crippen LogP contribution in [0.4, 0.5) is 0 Å². The van der Waals surface area contributed by atoms with Crippen molar-refractivity contribution >= 4 is 63.2 Å². The highest BCUT2D eigenvalue weighted by Crippen LogP contribution is 2.49. The number of rotatable bonds is 5. The topological polar surface area (TPSA) is 59.0 Å². The molecule has 3 aliphatic carbocycles. The molecule has 2 aromatic rings. The number of hydrazone groups is 1. The van der Waals surface area contributed by atoms with E-state index in [4.69, 9.17) is 4.74 Å². The second-order valence-corrected chi connectivity index (χ2v) is 10.5. The predicted octanol–water partition coefficient (Wildman–Crippen LogP) is 5.01. The minimum atomic E-state index is -0.234. The molecule has 0 unspecified atom stereocenters. The van der Waals surface area contributed by atoms with Gasteiger partial charge < -0.3 is 4.74 Å². The number of fused-ring (bicyclic) bond motifs is 1. The van der Waals surface area contributed by atoms with E-state index in [0.717, 1.165) is 41.9 Å². The Balaban J connectivity index is 1.32. The molecule has 2 bridgehead atoms. The maximum atomic E-state index is 12.9. The molecule has 1 saturated heterocycles. The summed E-state index contributed by atoms with van der Waals surface area (Å²) in [6, 6.07) is 13.9. The molecule has 158 valence electrons. The lowest BCUT2D eigenvalue weighted by Gasteiger charge is -2.37. The van der Waals surface area contributed by atoms with Crippen molar-refractivity contribution in [1.82, 2.24) is 5.01 Å². The first-order valence-electron chi connectivity index (χ1n) is 10.3. The van der Waals surface area contributed by atoms with E-state index in [2.05, 4.69) is 62.4 Å². The lowest BCUT2D eigenvalue weighted by molar-refractivity contribution is -0.140. The Labute approximate surface area is 208 Å². The van der Waals surface area contributed by atoms with E-state index in [0.29, 0.717) is 6.61 Å². The molecule has 4 atom stereocenters. The molecule has 7 heteroatoms. The quantitative estimate of drug-likeness (QED) is 0.201. The maximum Gasteiger partial charge on any atom is 0.254 e. The van der Waals surface area contributed by atoms with Crippen LogP contribution in [-0.4, -0.2) is 23.0 Å². The number of allylic oxidation sites excluding steroid dienone is 2. The molecule has 1 heterocycles. The zero-order valence-corrected chi connectivity index (χ0v) is 20.9. The summed E-state index contributed by atoms with van der Waals surface area (Å²) in [5.41, 5.74) is 1.94. The minimum Gasteiger partial charge on any atom is -0.487 e. The zero-order chi connectivity index (χ0) is 21.5. The second-order valence-electron chi connectivity index (χ2n) is 8.16. The third-order valence-electron chi connectivity index (χ3n) is 6.30. The number of nitrogens with zero attached hydrogens (tertiary/aromatic N) is 2. The summed E-state index contributed by atoms with van der Waals surface area (Å²) in [5, 5.41) is 5.42. The molecule has 2 aromatic carbocycles. The SMILES string of the molecule is O=C1[C@@H]2[C@H](C(=O)N1/N=C\c1cc(I)c(OCc3ccccc3)c(I)c1)[C@H]1C=C[C@H]2CC1. The van der Waals surface area contributed by atoms with Crippen LogP contribution in [0.5, 0.6) is 5.75 Å². The number of carbonyl (C=O) groups excluding carboxylic acids is 2. The van der Waals surface area contributed by atoms with Gasteiger partial charge in [-0.25, -0.2) is 0 Å². The van der Waals surface area contributed by atoms with Crippen LogP contribution in [0.1, 0.15) is 24.0 Å². The molecular formula is C24H20I2N2O3. The lowest BCUT2D eigenvalue weighted by atomic mass is 9.63. The fourth-order valence-corrected chi connectivity index (χ4v) is 6.95. The molecule has 0 N–H and O–H groups in total. The summed E-state index contributed by atoms with van der Waals surface area (Å²) >= 11 is 4.49. The van der Waals surface area contributed by atoms with Crippen molar-refractivity contribution in [3.63, 3.8) is 0 Å². The van der Waals surface area contributed by atoms with Gasteiger partial charge in [-0.2, -0.15) is 10.1 Å². The van der Waals surface area contributed by atoms with Gasteiger partial charge in [-0.3, -0.25) is 9.59 Å². The zero-order valence-electron chi connectivity index (χ0n) is 16.6. The third-order valence-corrected chi connectivity index (χ3v) is 7.91. The van der Waals surface area contributed by atoms with Crippen LogP contribution in [0.3, 0.4) is 0 Å². The Morgan fingerprint density at radius 2 is 1.55 bits per heavy atom. The molecule has 31 heavy (non-hydrogen) atoms. The van der Waals surface area contributed by atoms with Crippen molar-refractivity contribution in [2.24, 2.45) is 28.8 Å². The van der Waals surface area contributed by atoms with Crippen molar-refractivity contribution in [3.8, 4) is 5.75 Å². The van der Waals surface area contributed by atoms with Gasteiger partial charge in [0, 0.05) is 0 Å². The van der Waals surface area contributed by atoms with E-state index in [9.17, 15) is 9.59 Å². The summed E-state index contributed by atoms with van der Waals surface area (Å²) in [6.45, 7) is 0.496. The second kappa shape index (κ2) is 8.65. The maximum absolute atomic E-state index is 12.9. The highest BCUT2D eigenvalue weighted by atomic mass is 127. The summed E-state index contributed by atoms with van der Waals surface area (Å²) in [6.07, 6.45) is 7.81. The number of carbonyl (C=O) groups is 2. The molecule has 0 spiro atoms. The molecule has 6 rings (SSSR count). The molecule has 0 aromatic heterocycles. The Hall–Kier alpha value is -1.75. The first kappa shape index (κ1) is 21.1. The summed E-state index contributed by atoms with van der Waals surface area (Å²) in [7, 11) is 0. The average Bonchev–Trinajstić information content (AvgIpc) is 3.05. The van der Waals surface area contributed by atoms with Gasteiger partial charge >= 0.3 is 0 Å². The molecule has 4 aliphatic rings. The monoisotopic (exact) mass is 638 g/mol. The average molecular weight is 638 g/mol. The minimum absolute atomic E-state index is 0.155. The first-order chi connectivity index (χ1) is 15.0. The van der Waals surface area contributed by atoms with E-state index >= 15 is 0 Å². The first-order valence-corrected chi connectivity index (χ1v) is 12.4. The smallest absolute Gasteiger partial charge is 0.254 e. The van der Waals surface area contributed by atoms with Gasteiger partial charge in [0.25, 0.3) is 11.8 Å². The van der Waals surface area contributed by atoms with Crippen LogP contribution in [-0.2, 0) is 16.2 Å². The van der Waals surface area contributed by atoms with Crippen molar-refractivity contribution < 1.29 is 14.3 Å². The number of halogens is 2. The van der Waals surface area contributed by atoms with Crippen LogP contribution < -0.4 is 4.74 Å². The molecule has 2 fully saturated rings. The number of ether oxygens (including phenoxy) is 1. The predicted molar refractivity (Wildman–Crippen MR) is 134 cm³/mol. The van der Waals surface area contributed by atoms with Gasteiger partial charge in [0.2, 0.25) is 0 Å². The molecule has 0 radical (unpaired) electrons. The number of hydrogen-bond acceptors (Lipinski definition) is 4. The van der Waals surface area contributed by atoms with E-state index in [-0.39, 0.29) is 35.5 Å². The number of amides is 2. The van der Waals surface area contributed by atoms with Gasteiger partial charge in [-0.1, -0.05) is 42.5 Å². The van der Waals surface area contributed by atoms with Crippen LogP contribution in [0.15, 0.2) is 59.7 Å². The Morgan fingerprint density at radius 3 is 2.10 bits per heavy atom. The van der Waals surface area contributed by atoms with E-state index in [1.54, 1.807) is 6.21 Å². The normalized spacial score (nSPS) is 26.7. The van der Waals surface area contributed by atoms with E-state index in [1.165, 1.54) is 0 Å². The highest BCUT2D eigenvalue weighted by molar-refractivity contribution is 14.1. The van der Waals surface area contributed by atoms with Crippen molar-refractivity contribution in [3.05, 3.63) is 72.9 Å². The summed E-state index contributed by atoms with van der Waals surface area (Å²) in [5.74, 6) is 0.397. The van der Waals surface area contributed by atoms with E-state index in [1.807, 2.05) is 42.5 Å². The van der Waals surface area contributed by atoms with Gasteiger partial charge in [0.15, 0.2) is 0 Å². The van der Waals surface area contributed by atoms with Crippen LogP contribution in [0.25, 0.3) is 0 Å². The molecule has 1 aliphatic heterocycles. The highest BCUT2D eigenvalue weighted by Gasteiger charge is 2.56. The van der Waals surface area contributed by atoms with Crippen molar-refractivity contribution in [2.75, 3.05) is 0 Å². The Bertz CT molecular complexity index is 1040. The standard InChI is InChI=1S/C24H20I2N2O3/c25-18-10-15(11-19(26)22(18)31-13-14-4-2-1-3-5-14)12-27-28-23(29)20-16-6-7-17(9-8-16)21(20)24(28)30/h1-7,10-12,16-17,20-21H,8-9,13H2/b27-12-/t16-,17-,20-,21+/m0/s1. The Kier molecular flexibility index (Phi) is 5.89. The fraction of sp³-hybridized carbons (Fsp3) is 0.292. The summed E-state index contributed by atoms with van der Waals surface area (Å²) < 4.78 is 7.94. The number of benzene rings is 2. The number of hydrogen-bond donors (Lipinski definition) is 0. The summed E-state index contributed by atoms with van der Waals surface area (Å²) in [4.78, 5) is 25.8. The fourth-order valence-electron chi connectivity index (χ4n) is 4.82. The molecular weight excluding hydrogens is 618 g/mol. The van der Waals surface area contributed by atoms with Gasteiger partial charge in [-0.15, -0.1) is 0 Å². The third kappa shape index (κ3) is 3.94. The van der Waals surface area contributed by atoms with Crippen LogP contribution in [0.2, 0.25) is 0 Å². The largest absolute Gasteiger partial charge is 0.487 e. The number of imide groups is 1. The van der Waals surface area contributed by atoms with Gasteiger partial charge in [-0.05, 0) is 93.1 Å². The molecule has 2 amide bonds. The van der Waals surface area contributed by atoms with Crippen LogP contribution in [0, 0.1) is 30.8 Å². The Morgan fingerprint density at radius 1 is 0.968 bits per heavy atom. The van der Waals surface area contributed by atoms with Gasteiger partial charge in [0.05, 0.1) is 25.2 Å². The molecule has 5 nitrogen and oxygen atoms in total. The van der Waals surface area contributed by atoms with Gasteiger partial charge in [0.1, 0.15) is 12.4 Å². The van der Waals surface area contributed by atoms with Crippen molar-refractivity contribution in [1.29, 1.82) is 0 Å². The molecule has 1 saturated carbocycles. The van der Waals surface area contributed by atoms with Crippen LogP contribution >= 0.6 is 45.2 Å².